The normalized spacial score (nSPS) is 18.0. The molecule has 1 unspecified atom stereocenters. The van der Waals surface area contributed by atoms with Crippen molar-refractivity contribution in [2.24, 2.45) is 0 Å². The highest BCUT2D eigenvalue weighted by atomic mass is 16.2. The van der Waals surface area contributed by atoms with E-state index in [9.17, 15) is 4.79 Å². The lowest BCUT2D eigenvalue weighted by atomic mass is 10.2. The smallest absolute Gasteiger partial charge is 0.245 e. The molecule has 110 valence electrons. The number of H-pyrrole nitrogens is 1. The molecular formula is C14H18N6O. The minimum absolute atomic E-state index is 0.0983. The molecule has 1 N–H and O–H groups in total. The van der Waals surface area contributed by atoms with E-state index in [1.807, 2.05) is 11.9 Å². The van der Waals surface area contributed by atoms with Gasteiger partial charge in [-0.15, -0.1) is 0 Å². The van der Waals surface area contributed by atoms with Gasteiger partial charge in [-0.3, -0.25) is 9.89 Å². The number of aromatic nitrogens is 4. The highest BCUT2D eigenvalue weighted by Crippen LogP contribution is 2.23. The highest BCUT2D eigenvalue weighted by Gasteiger charge is 2.34. The summed E-state index contributed by atoms with van der Waals surface area (Å²) >= 11 is 0. The summed E-state index contributed by atoms with van der Waals surface area (Å²) in [4.78, 5) is 24.9. The van der Waals surface area contributed by atoms with Gasteiger partial charge in [0.1, 0.15) is 6.04 Å². The monoisotopic (exact) mass is 286 g/mol. The van der Waals surface area contributed by atoms with Gasteiger partial charge in [0.15, 0.2) is 0 Å². The van der Waals surface area contributed by atoms with E-state index in [2.05, 4.69) is 20.2 Å². The van der Waals surface area contributed by atoms with Gasteiger partial charge in [-0.05, 0) is 18.9 Å². The van der Waals surface area contributed by atoms with Crippen LogP contribution < -0.4 is 4.90 Å². The zero-order valence-electron chi connectivity index (χ0n) is 11.9. The number of aromatic amines is 1. The lowest BCUT2D eigenvalue weighted by Crippen LogP contribution is -2.44. The first-order valence-electron chi connectivity index (χ1n) is 7.02. The Kier molecular flexibility index (Phi) is 3.81. The Bertz CT molecular complexity index is 585. The van der Waals surface area contributed by atoms with Gasteiger partial charge < -0.3 is 9.80 Å². The maximum Gasteiger partial charge on any atom is 0.245 e. The quantitative estimate of drug-likeness (QED) is 0.900. The molecule has 3 rings (SSSR count). The summed E-state index contributed by atoms with van der Waals surface area (Å²) in [5, 5.41) is 6.66. The molecule has 2 aromatic rings. The highest BCUT2D eigenvalue weighted by molar-refractivity contribution is 5.85. The average Bonchev–Trinajstić information content (AvgIpc) is 3.18. The molecule has 1 amide bonds. The zero-order valence-corrected chi connectivity index (χ0v) is 11.9. The van der Waals surface area contributed by atoms with Crippen LogP contribution in [0.2, 0.25) is 0 Å². The first kappa shape index (κ1) is 13.5. The van der Waals surface area contributed by atoms with Crippen LogP contribution in [0.5, 0.6) is 0 Å². The van der Waals surface area contributed by atoms with Gasteiger partial charge >= 0.3 is 0 Å². The molecule has 0 radical (unpaired) electrons. The van der Waals surface area contributed by atoms with Crippen molar-refractivity contribution in [1.29, 1.82) is 0 Å². The maximum absolute atomic E-state index is 12.7. The fourth-order valence-electron chi connectivity index (χ4n) is 2.67. The van der Waals surface area contributed by atoms with Crippen molar-refractivity contribution < 1.29 is 4.79 Å². The Balaban J connectivity index is 1.71. The van der Waals surface area contributed by atoms with E-state index < -0.39 is 0 Å². The van der Waals surface area contributed by atoms with Crippen LogP contribution in [-0.2, 0) is 11.3 Å². The molecular weight excluding hydrogens is 268 g/mol. The molecule has 3 heterocycles. The lowest BCUT2D eigenvalue weighted by Gasteiger charge is -2.27. The second-order valence-electron chi connectivity index (χ2n) is 5.20. The summed E-state index contributed by atoms with van der Waals surface area (Å²) in [5.41, 5.74) is 0.992. The number of nitrogens with zero attached hydrogens (tertiary/aromatic N) is 5. The third-order valence-electron chi connectivity index (χ3n) is 3.70. The Morgan fingerprint density at radius 3 is 3.00 bits per heavy atom. The summed E-state index contributed by atoms with van der Waals surface area (Å²) in [6.45, 7) is 1.37. The van der Waals surface area contributed by atoms with Crippen LogP contribution in [0, 0.1) is 0 Å². The fraction of sp³-hybridized carbons (Fsp3) is 0.429. The van der Waals surface area contributed by atoms with E-state index in [0.29, 0.717) is 12.5 Å². The van der Waals surface area contributed by atoms with Gasteiger partial charge in [0.25, 0.3) is 0 Å². The first-order valence-corrected chi connectivity index (χ1v) is 7.02. The van der Waals surface area contributed by atoms with Crippen LogP contribution in [0.4, 0.5) is 5.95 Å². The van der Waals surface area contributed by atoms with Crippen LogP contribution in [-0.4, -0.2) is 50.6 Å². The standard InChI is InChI=1S/C14H18N6O/c1-19(10-11-8-17-18-9-11)13(21)12-4-2-7-20(12)14-15-5-3-6-16-14/h3,5-6,8-9,12H,2,4,7,10H2,1H3,(H,17,18). The predicted octanol–water partition coefficient (Wildman–Crippen LogP) is 0.827. The van der Waals surface area contributed by atoms with Crippen molar-refractivity contribution in [2.75, 3.05) is 18.5 Å². The molecule has 7 nitrogen and oxygen atoms in total. The number of hydrogen-bond donors (Lipinski definition) is 1. The van der Waals surface area contributed by atoms with Crippen molar-refractivity contribution in [3.63, 3.8) is 0 Å². The number of amides is 1. The Hall–Kier alpha value is -2.44. The molecule has 1 fully saturated rings. The maximum atomic E-state index is 12.7. The summed E-state index contributed by atoms with van der Waals surface area (Å²) in [5.74, 6) is 0.728. The second kappa shape index (κ2) is 5.90. The molecule has 0 aliphatic carbocycles. The van der Waals surface area contributed by atoms with Gasteiger partial charge in [0.2, 0.25) is 11.9 Å². The van der Waals surface area contributed by atoms with Gasteiger partial charge in [-0.2, -0.15) is 5.10 Å². The third kappa shape index (κ3) is 2.86. The Morgan fingerprint density at radius 2 is 2.29 bits per heavy atom. The van der Waals surface area contributed by atoms with Crippen LogP contribution in [0.15, 0.2) is 30.9 Å². The van der Waals surface area contributed by atoms with Crippen LogP contribution in [0.3, 0.4) is 0 Å². The molecule has 0 saturated carbocycles. The van der Waals surface area contributed by atoms with Crippen molar-refractivity contribution in [2.45, 2.75) is 25.4 Å². The third-order valence-corrected chi connectivity index (χ3v) is 3.70. The number of nitrogens with one attached hydrogen (secondary N) is 1. The zero-order chi connectivity index (χ0) is 14.7. The number of rotatable bonds is 4. The molecule has 1 saturated heterocycles. The molecule has 7 heteroatoms. The van der Waals surface area contributed by atoms with Crippen molar-refractivity contribution in [3.05, 3.63) is 36.4 Å². The van der Waals surface area contributed by atoms with Gasteiger partial charge in [0, 0.05) is 44.3 Å². The van der Waals surface area contributed by atoms with E-state index in [1.54, 1.807) is 35.8 Å². The van der Waals surface area contributed by atoms with E-state index in [-0.39, 0.29) is 11.9 Å². The van der Waals surface area contributed by atoms with Crippen molar-refractivity contribution in [1.82, 2.24) is 25.1 Å². The van der Waals surface area contributed by atoms with E-state index >= 15 is 0 Å². The summed E-state index contributed by atoms with van der Waals surface area (Å²) in [6.07, 6.45) is 8.77. The summed E-state index contributed by atoms with van der Waals surface area (Å²) in [7, 11) is 1.82. The molecule has 1 aliphatic rings. The minimum atomic E-state index is -0.177. The predicted molar refractivity (Wildman–Crippen MR) is 77.5 cm³/mol. The first-order chi connectivity index (χ1) is 10.3. The van der Waals surface area contributed by atoms with Crippen molar-refractivity contribution in [3.8, 4) is 0 Å². The Morgan fingerprint density at radius 1 is 1.48 bits per heavy atom. The molecule has 1 atom stereocenters. The number of anilines is 1. The SMILES string of the molecule is CN(Cc1cn[nH]c1)C(=O)C1CCCN1c1ncccn1. The van der Waals surface area contributed by atoms with Crippen molar-refractivity contribution >= 4 is 11.9 Å². The largest absolute Gasteiger partial charge is 0.340 e. The summed E-state index contributed by atoms with van der Waals surface area (Å²) < 4.78 is 0. The van der Waals surface area contributed by atoms with Gasteiger partial charge in [0.05, 0.1) is 6.20 Å². The number of hydrogen-bond acceptors (Lipinski definition) is 5. The fourth-order valence-corrected chi connectivity index (χ4v) is 2.67. The second-order valence-corrected chi connectivity index (χ2v) is 5.20. The minimum Gasteiger partial charge on any atom is -0.340 e. The summed E-state index contributed by atoms with van der Waals surface area (Å²) in [6, 6.07) is 1.60. The average molecular weight is 286 g/mol. The molecule has 21 heavy (non-hydrogen) atoms. The Labute approximate surface area is 123 Å². The van der Waals surface area contributed by atoms with Crippen LogP contribution >= 0.6 is 0 Å². The molecule has 0 bridgehead atoms. The van der Waals surface area contributed by atoms with E-state index in [0.717, 1.165) is 24.9 Å². The number of carbonyl (C=O) groups excluding carboxylic acids is 1. The van der Waals surface area contributed by atoms with E-state index in [4.69, 9.17) is 0 Å². The molecule has 2 aromatic heterocycles. The van der Waals surface area contributed by atoms with Gasteiger partial charge in [-0.1, -0.05) is 0 Å². The van der Waals surface area contributed by atoms with Crippen LogP contribution in [0.25, 0.3) is 0 Å². The number of likely N-dealkylation sites (N-methyl/N-ethyl adjacent to an activating group) is 1. The topological polar surface area (TPSA) is 78.0 Å². The van der Waals surface area contributed by atoms with Gasteiger partial charge in [-0.25, -0.2) is 9.97 Å². The molecule has 0 spiro atoms. The van der Waals surface area contributed by atoms with E-state index in [1.165, 1.54) is 0 Å². The molecule has 0 aromatic carbocycles. The number of carbonyl (C=O) groups is 1. The molecule has 1 aliphatic heterocycles. The lowest BCUT2D eigenvalue weighted by molar-refractivity contribution is -0.131. The van der Waals surface area contributed by atoms with Crippen LogP contribution in [0.1, 0.15) is 18.4 Å².